The van der Waals surface area contributed by atoms with Gasteiger partial charge in [-0.1, -0.05) is 6.07 Å². The minimum Gasteiger partial charge on any atom is -0.192 e. The second kappa shape index (κ2) is 2.79. The first kappa shape index (κ1) is 8.14. The topological polar surface area (TPSA) is 49.6 Å². The number of nitrogens with zero attached hydrogens (tertiary/aromatic N) is 3. The van der Waals surface area contributed by atoms with Crippen LogP contribution in [0.1, 0.15) is 16.7 Å². The molecule has 3 nitrogen and oxygen atoms in total. The fourth-order valence-corrected chi connectivity index (χ4v) is 2.02. The van der Waals surface area contributed by atoms with Crippen LogP contribution < -0.4 is 0 Å². The Morgan fingerprint density at radius 3 is 2.62 bits per heavy atom. The summed E-state index contributed by atoms with van der Waals surface area (Å²) in [5, 5.41) is 8.91. The standard InChI is InChI=1S/C9H7N3S/c1-5-3-6(2)8-9(7(5)4-10)12-13-11-8/h3H,1-2H3. The van der Waals surface area contributed by atoms with Crippen LogP contribution in [0.3, 0.4) is 0 Å². The molecule has 0 saturated carbocycles. The molecular formula is C9H7N3S. The predicted octanol–water partition coefficient (Wildman–Crippen LogP) is 2.18. The average Bonchev–Trinajstić information content (AvgIpc) is 2.53. The highest BCUT2D eigenvalue weighted by atomic mass is 32.1. The van der Waals surface area contributed by atoms with E-state index >= 15 is 0 Å². The van der Waals surface area contributed by atoms with Gasteiger partial charge in [-0.2, -0.15) is 14.0 Å². The largest absolute Gasteiger partial charge is 0.192 e. The zero-order valence-corrected chi connectivity index (χ0v) is 8.14. The Balaban J connectivity index is 2.99. The van der Waals surface area contributed by atoms with E-state index in [0.717, 1.165) is 33.9 Å². The van der Waals surface area contributed by atoms with Crippen molar-refractivity contribution in [2.45, 2.75) is 13.8 Å². The van der Waals surface area contributed by atoms with Gasteiger partial charge in [0.05, 0.1) is 17.3 Å². The van der Waals surface area contributed by atoms with Crippen LogP contribution in [0.4, 0.5) is 0 Å². The Labute approximate surface area is 80.0 Å². The second-order valence-corrected chi connectivity index (χ2v) is 3.49. The van der Waals surface area contributed by atoms with Crippen LogP contribution in [-0.4, -0.2) is 8.75 Å². The first-order valence-corrected chi connectivity index (χ1v) is 4.59. The van der Waals surface area contributed by atoms with Crippen molar-refractivity contribution in [3.63, 3.8) is 0 Å². The summed E-state index contributed by atoms with van der Waals surface area (Å²) in [5.41, 5.74) is 4.30. The summed E-state index contributed by atoms with van der Waals surface area (Å²) < 4.78 is 8.27. The maximum atomic E-state index is 8.91. The van der Waals surface area contributed by atoms with E-state index in [4.69, 9.17) is 5.26 Å². The normalized spacial score (nSPS) is 10.2. The minimum absolute atomic E-state index is 0.648. The molecular weight excluding hydrogens is 182 g/mol. The van der Waals surface area contributed by atoms with Gasteiger partial charge >= 0.3 is 0 Å². The molecule has 0 bridgehead atoms. The molecule has 0 amide bonds. The van der Waals surface area contributed by atoms with Gasteiger partial charge in [-0.3, -0.25) is 0 Å². The molecule has 0 aliphatic rings. The molecule has 0 fully saturated rings. The smallest absolute Gasteiger partial charge is 0.123 e. The van der Waals surface area contributed by atoms with Crippen LogP contribution in [0.25, 0.3) is 11.0 Å². The number of benzene rings is 1. The zero-order valence-electron chi connectivity index (χ0n) is 7.33. The van der Waals surface area contributed by atoms with E-state index in [2.05, 4.69) is 14.8 Å². The van der Waals surface area contributed by atoms with Gasteiger partial charge in [-0.25, -0.2) is 0 Å². The Morgan fingerprint density at radius 1 is 1.23 bits per heavy atom. The first-order chi connectivity index (χ1) is 6.24. The van der Waals surface area contributed by atoms with Gasteiger partial charge in [0, 0.05) is 0 Å². The van der Waals surface area contributed by atoms with Crippen LogP contribution in [0.2, 0.25) is 0 Å². The van der Waals surface area contributed by atoms with E-state index in [1.807, 2.05) is 19.9 Å². The summed E-state index contributed by atoms with van der Waals surface area (Å²) in [6.07, 6.45) is 0. The highest BCUT2D eigenvalue weighted by molar-refractivity contribution is 7.00. The quantitative estimate of drug-likeness (QED) is 0.638. The Kier molecular flexibility index (Phi) is 1.74. The van der Waals surface area contributed by atoms with Crippen molar-refractivity contribution >= 4 is 22.8 Å². The molecule has 13 heavy (non-hydrogen) atoms. The van der Waals surface area contributed by atoms with E-state index in [-0.39, 0.29) is 0 Å². The fraction of sp³-hybridized carbons (Fsp3) is 0.222. The molecule has 1 aromatic heterocycles. The maximum absolute atomic E-state index is 8.91. The molecule has 0 unspecified atom stereocenters. The Hall–Kier alpha value is -1.47. The molecule has 0 aliphatic carbocycles. The molecule has 1 aromatic carbocycles. The monoisotopic (exact) mass is 189 g/mol. The molecule has 4 heteroatoms. The lowest BCUT2D eigenvalue weighted by atomic mass is 10.0. The third-order valence-corrected chi connectivity index (χ3v) is 2.57. The van der Waals surface area contributed by atoms with E-state index in [9.17, 15) is 0 Å². The summed E-state index contributed by atoms with van der Waals surface area (Å²) >= 11 is 1.15. The number of hydrogen-bond acceptors (Lipinski definition) is 4. The molecule has 1 heterocycles. The molecule has 0 saturated heterocycles. The van der Waals surface area contributed by atoms with E-state index in [0.29, 0.717) is 5.56 Å². The predicted molar refractivity (Wildman–Crippen MR) is 51.6 cm³/mol. The molecule has 0 N–H and O–H groups in total. The van der Waals surface area contributed by atoms with Crippen LogP contribution in [-0.2, 0) is 0 Å². The lowest BCUT2D eigenvalue weighted by Gasteiger charge is -1.99. The number of fused-ring (bicyclic) bond motifs is 1. The molecule has 0 aliphatic heterocycles. The van der Waals surface area contributed by atoms with Gasteiger partial charge in [-0.05, 0) is 25.0 Å². The summed E-state index contributed by atoms with van der Waals surface area (Å²) in [4.78, 5) is 0. The van der Waals surface area contributed by atoms with Gasteiger partial charge in [0.15, 0.2) is 0 Å². The lowest BCUT2D eigenvalue weighted by molar-refractivity contribution is 1.36. The van der Waals surface area contributed by atoms with Crippen molar-refractivity contribution in [1.82, 2.24) is 8.75 Å². The van der Waals surface area contributed by atoms with Crippen molar-refractivity contribution in [3.8, 4) is 6.07 Å². The zero-order chi connectivity index (χ0) is 9.42. The summed E-state index contributed by atoms with van der Waals surface area (Å²) in [7, 11) is 0. The SMILES string of the molecule is Cc1cc(C)c2nsnc2c1C#N. The van der Waals surface area contributed by atoms with Crippen LogP contribution in [0.15, 0.2) is 6.07 Å². The molecule has 0 spiro atoms. The molecule has 64 valence electrons. The van der Waals surface area contributed by atoms with Gasteiger partial charge in [0.2, 0.25) is 0 Å². The first-order valence-electron chi connectivity index (χ1n) is 3.86. The maximum Gasteiger partial charge on any atom is 0.123 e. The van der Waals surface area contributed by atoms with Crippen molar-refractivity contribution in [1.29, 1.82) is 5.26 Å². The van der Waals surface area contributed by atoms with Crippen molar-refractivity contribution < 1.29 is 0 Å². The van der Waals surface area contributed by atoms with Gasteiger partial charge in [-0.15, -0.1) is 0 Å². The second-order valence-electron chi connectivity index (χ2n) is 2.96. The fourth-order valence-electron chi connectivity index (χ4n) is 1.40. The van der Waals surface area contributed by atoms with Gasteiger partial charge in [0.1, 0.15) is 17.1 Å². The molecule has 0 radical (unpaired) electrons. The third-order valence-electron chi connectivity index (χ3n) is 2.04. The summed E-state index contributed by atoms with van der Waals surface area (Å²) in [6.45, 7) is 3.90. The van der Waals surface area contributed by atoms with Crippen molar-refractivity contribution in [2.24, 2.45) is 0 Å². The third kappa shape index (κ3) is 1.09. The van der Waals surface area contributed by atoms with Gasteiger partial charge in [0.25, 0.3) is 0 Å². The number of aryl methyl sites for hydroxylation is 2. The van der Waals surface area contributed by atoms with Crippen molar-refractivity contribution in [3.05, 3.63) is 22.8 Å². The Bertz CT molecular complexity index is 507. The average molecular weight is 189 g/mol. The number of aromatic nitrogens is 2. The number of hydrogen-bond donors (Lipinski definition) is 0. The summed E-state index contributed by atoms with van der Waals surface area (Å²) in [6, 6.07) is 4.13. The van der Waals surface area contributed by atoms with Crippen LogP contribution in [0.5, 0.6) is 0 Å². The molecule has 0 atom stereocenters. The van der Waals surface area contributed by atoms with Crippen LogP contribution >= 0.6 is 11.7 Å². The highest BCUT2D eigenvalue weighted by Crippen LogP contribution is 2.22. The summed E-state index contributed by atoms with van der Waals surface area (Å²) in [5.74, 6) is 0. The van der Waals surface area contributed by atoms with E-state index in [1.165, 1.54) is 0 Å². The lowest BCUT2D eigenvalue weighted by Crippen LogP contribution is -1.87. The molecule has 2 aromatic rings. The highest BCUT2D eigenvalue weighted by Gasteiger charge is 2.10. The van der Waals surface area contributed by atoms with Crippen molar-refractivity contribution in [2.75, 3.05) is 0 Å². The van der Waals surface area contributed by atoms with E-state index in [1.54, 1.807) is 0 Å². The Morgan fingerprint density at radius 2 is 1.92 bits per heavy atom. The van der Waals surface area contributed by atoms with Gasteiger partial charge < -0.3 is 0 Å². The molecule has 2 rings (SSSR count). The van der Waals surface area contributed by atoms with E-state index < -0.39 is 0 Å². The number of rotatable bonds is 0. The van der Waals surface area contributed by atoms with Crippen LogP contribution in [0, 0.1) is 25.2 Å². The number of nitriles is 1. The minimum atomic E-state index is 0.648.